The van der Waals surface area contributed by atoms with Gasteiger partial charge < -0.3 is 20.5 Å². The van der Waals surface area contributed by atoms with Crippen LogP contribution in [-0.2, 0) is 4.74 Å². The van der Waals surface area contributed by atoms with Crippen LogP contribution in [0.4, 0.5) is 17.6 Å². The second kappa shape index (κ2) is 8.85. The van der Waals surface area contributed by atoms with Crippen molar-refractivity contribution in [1.29, 1.82) is 0 Å². The number of halogens is 2. The molecular formula is C18H17Cl2N5O2. The van der Waals surface area contributed by atoms with E-state index in [0.717, 1.165) is 5.69 Å². The fourth-order valence-electron chi connectivity index (χ4n) is 2.27. The van der Waals surface area contributed by atoms with E-state index in [1.165, 1.54) is 0 Å². The average Bonchev–Trinajstić information content (AvgIpc) is 2.64. The molecule has 3 rings (SSSR count). The number of hydrogen-bond donors (Lipinski definition) is 2. The Labute approximate surface area is 166 Å². The number of nitrogens with two attached hydrogens (primary N) is 1. The van der Waals surface area contributed by atoms with E-state index in [-0.39, 0.29) is 5.95 Å². The molecule has 0 amide bonds. The molecule has 0 atom stereocenters. The number of anilines is 3. The molecule has 0 aliphatic rings. The Bertz CT molecular complexity index is 922. The van der Waals surface area contributed by atoms with Crippen molar-refractivity contribution in [3.8, 4) is 17.1 Å². The summed E-state index contributed by atoms with van der Waals surface area (Å²) in [6.45, 7) is 0.826. The van der Waals surface area contributed by atoms with Crippen LogP contribution in [0, 0.1) is 0 Å². The predicted octanol–water partition coefficient (Wildman–Crippen LogP) is 4.20. The van der Waals surface area contributed by atoms with Crippen molar-refractivity contribution in [2.45, 2.75) is 0 Å². The van der Waals surface area contributed by atoms with E-state index in [1.54, 1.807) is 49.6 Å². The summed E-state index contributed by atoms with van der Waals surface area (Å²) < 4.78 is 10.8. The molecule has 140 valence electrons. The number of nitrogen functional groups attached to an aromatic ring is 1. The van der Waals surface area contributed by atoms with Gasteiger partial charge in [-0.25, -0.2) is 0 Å². The highest BCUT2D eigenvalue weighted by Crippen LogP contribution is 2.31. The molecule has 3 N–H and O–H groups in total. The SMILES string of the molecule is COCCOc1ccc(Cl)cc1-c1nc(N)nc(Nc2ccc(Cl)cc2)n1. The maximum absolute atomic E-state index is 6.14. The number of nitrogens with zero attached hydrogens (tertiary/aromatic N) is 3. The highest BCUT2D eigenvalue weighted by atomic mass is 35.5. The fourth-order valence-corrected chi connectivity index (χ4v) is 2.57. The van der Waals surface area contributed by atoms with Crippen LogP contribution in [0.5, 0.6) is 5.75 Å². The lowest BCUT2D eigenvalue weighted by molar-refractivity contribution is 0.146. The molecule has 1 aromatic heterocycles. The summed E-state index contributed by atoms with van der Waals surface area (Å²) in [7, 11) is 1.60. The van der Waals surface area contributed by atoms with Crippen LogP contribution < -0.4 is 15.8 Å². The monoisotopic (exact) mass is 405 g/mol. The molecule has 0 fully saturated rings. The topological polar surface area (TPSA) is 95.2 Å². The van der Waals surface area contributed by atoms with Crippen LogP contribution in [0.3, 0.4) is 0 Å². The lowest BCUT2D eigenvalue weighted by atomic mass is 10.2. The smallest absolute Gasteiger partial charge is 0.232 e. The lowest BCUT2D eigenvalue weighted by Gasteiger charge is -2.12. The van der Waals surface area contributed by atoms with Gasteiger partial charge in [0.1, 0.15) is 12.4 Å². The standard InChI is InChI=1S/C18H17Cl2N5O2/c1-26-8-9-27-15-7-4-12(20)10-14(15)16-23-17(21)25-18(24-16)22-13-5-2-11(19)3-6-13/h2-7,10H,8-9H2,1H3,(H3,21,22,23,24,25). The van der Waals surface area contributed by atoms with Gasteiger partial charge in [0.25, 0.3) is 0 Å². The second-order valence-electron chi connectivity index (χ2n) is 5.45. The van der Waals surface area contributed by atoms with E-state index < -0.39 is 0 Å². The van der Waals surface area contributed by atoms with Gasteiger partial charge in [0, 0.05) is 22.8 Å². The lowest BCUT2D eigenvalue weighted by Crippen LogP contribution is -2.08. The summed E-state index contributed by atoms with van der Waals surface area (Å²) in [6, 6.07) is 12.3. The molecule has 2 aromatic carbocycles. The molecule has 0 spiro atoms. The van der Waals surface area contributed by atoms with E-state index >= 15 is 0 Å². The molecule has 0 bridgehead atoms. The number of nitrogens with one attached hydrogen (secondary N) is 1. The zero-order valence-electron chi connectivity index (χ0n) is 14.4. The van der Waals surface area contributed by atoms with Crippen LogP contribution in [0.1, 0.15) is 0 Å². The zero-order chi connectivity index (χ0) is 19.2. The van der Waals surface area contributed by atoms with Gasteiger partial charge >= 0.3 is 0 Å². The fraction of sp³-hybridized carbons (Fsp3) is 0.167. The summed E-state index contributed by atoms with van der Waals surface area (Å²) in [5.74, 6) is 1.27. The highest BCUT2D eigenvalue weighted by molar-refractivity contribution is 6.31. The first kappa shape index (κ1) is 19.2. The number of hydrogen-bond acceptors (Lipinski definition) is 7. The molecule has 9 heteroatoms. The first-order chi connectivity index (χ1) is 13.0. The van der Waals surface area contributed by atoms with Gasteiger partial charge in [0.15, 0.2) is 5.82 Å². The van der Waals surface area contributed by atoms with Crippen molar-refractivity contribution in [2.24, 2.45) is 0 Å². The Kier molecular flexibility index (Phi) is 6.28. The van der Waals surface area contributed by atoms with Gasteiger partial charge in [-0.2, -0.15) is 15.0 Å². The van der Waals surface area contributed by atoms with Gasteiger partial charge in [-0.05, 0) is 42.5 Å². The number of benzene rings is 2. The number of rotatable bonds is 7. The third-order valence-corrected chi connectivity index (χ3v) is 3.97. The maximum Gasteiger partial charge on any atom is 0.232 e. The zero-order valence-corrected chi connectivity index (χ0v) is 16.0. The Morgan fingerprint density at radius 1 is 0.963 bits per heavy atom. The van der Waals surface area contributed by atoms with E-state index in [9.17, 15) is 0 Å². The maximum atomic E-state index is 6.14. The van der Waals surface area contributed by atoms with Crippen molar-refractivity contribution in [2.75, 3.05) is 31.4 Å². The number of ether oxygens (including phenoxy) is 2. The average molecular weight is 406 g/mol. The summed E-state index contributed by atoms with van der Waals surface area (Å²) in [4.78, 5) is 12.8. The predicted molar refractivity (Wildman–Crippen MR) is 107 cm³/mol. The third kappa shape index (κ3) is 5.19. The molecule has 0 saturated carbocycles. The first-order valence-corrected chi connectivity index (χ1v) is 8.76. The Balaban J connectivity index is 1.93. The molecule has 27 heavy (non-hydrogen) atoms. The molecule has 0 aliphatic carbocycles. The minimum absolute atomic E-state index is 0.0688. The summed E-state index contributed by atoms with van der Waals surface area (Å²) >= 11 is 12.0. The minimum Gasteiger partial charge on any atom is -0.490 e. The van der Waals surface area contributed by atoms with Crippen molar-refractivity contribution in [3.05, 3.63) is 52.5 Å². The molecule has 3 aromatic rings. The van der Waals surface area contributed by atoms with Gasteiger partial charge in [-0.1, -0.05) is 23.2 Å². The number of aromatic nitrogens is 3. The summed E-state index contributed by atoms with van der Waals surface area (Å²) in [5, 5.41) is 4.23. The molecular weight excluding hydrogens is 389 g/mol. The third-order valence-electron chi connectivity index (χ3n) is 3.48. The van der Waals surface area contributed by atoms with Crippen molar-refractivity contribution in [3.63, 3.8) is 0 Å². The van der Waals surface area contributed by atoms with E-state index in [1.807, 2.05) is 0 Å². The molecule has 0 aliphatic heterocycles. The Morgan fingerprint density at radius 2 is 1.70 bits per heavy atom. The Morgan fingerprint density at radius 3 is 2.44 bits per heavy atom. The molecule has 1 heterocycles. The van der Waals surface area contributed by atoms with Crippen molar-refractivity contribution in [1.82, 2.24) is 15.0 Å². The van der Waals surface area contributed by atoms with Gasteiger partial charge in [-0.15, -0.1) is 0 Å². The number of methoxy groups -OCH3 is 1. The molecule has 0 radical (unpaired) electrons. The van der Waals surface area contributed by atoms with Crippen LogP contribution in [0.15, 0.2) is 42.5 Å². The first-order valence-electron chi connectivity index (χ1n) is 8.01. The molecule has 0 saturated heterocycles. The van der Waals surface area contributed by atoms with Crippen LogP contribution >= 0.6 is 23.2 Å². The van der Waals surface area contributed by atoms with Crippen molar-refractivity contribution >= 4 is 40.8 Å². The highest BCUT2D eigenvalue weighted by Gasteiger charge is 2.13. The minimum atomic E-state index is 0.0688. The van der Waals surface area contributed by atoms with E-state index in [4.69, 9.17) is 38.4 Å². The quantitative estimate of drug-likeness (QED) is 0.568. The van der Waals surface area contributed by atoms with Crippen LogP contribution in [0.2, 0.25) is 10.0 Å². The van der Waals surface area contributed by atoms with Gasteiger partial charge in [-0.3, -0.25) is 0 Å². The van der Waals surface area contributed by atoms with E-state index in [2.05, 4.69) is 20.3 Å². The second-order valence-corrected chi connectivity index (χ2v) is 6.33. The van der Waals surface area contributed by atoms with Gasteiger partial charge in [0.2, 0.25) is 11.9 Å². The Hall–Kier alpha value is -2.61. The van der Waals surface area contributed by atoms with E-state index in [0.29, 0.717) is 46.3 Å². The van der Waals surface area contributed by atoms with Crippen molar-refractivity contribution < 1.29 is 9.47 Å². The summed E-state index contributed by atoms with van der Waals surface area (Å²) in [5.41, 5.74) is 7.23. The normalized spacial score (nSPS) is 10.6. The molecule has 7 nitrogen and oxygen atoms in total. The van der Waals surface area contributed by atoms with Crippen LogP contribution in [0.25, 0.3) is 11.4 Å². The van der Waals surface area contributed by atoms with Gasteiger partial charge in [0.05, 0.1) is 12.2 Å². The summed E-state index contributed by atoms with van der Waals surface area (Å²) in [6.07, 6.45) is 0. The molecule has 0 unspecified atom stereocenters. The largest absolute Gasteiger partial charge is 0.490 e. The van der Waals surface area contributed by atoms with Crippen LogP contribution in [-0.4, -0.2) is 35.3 Å².